The number of hydrogen-bond acceptors (Lipinski definition) is 3. The first-order valence-corrected chi connectivity index (χ1v) is 9.45. The minimum Gasteiger partial charge on any atom is -0.489 e. The molecule has 0 saturated carbocycles. The van der Waals surface area contributed by atoms with E-state index < -0.39 is 11.8 Å². The summed E-state index contributed by atoms with van der Waals surface area (Å²) < 4.78 is 19.0. The molecule has 0 spiro atoms. The first kappa shape index (κ1) is 21.0. The Hall–Kier alpha value is -3.67. The van der Waals surface area contributed by atoms with Gasteiger partial charge in [0.25, 0.3) is 5.91 Å². The van der Waals surface area contributed by atoms with E-state index in [1.165, 1.54) is 24.3 Å². The number of rotatable bonds is 7. The zero-order chi connectivity index (χ0) is 21.7. The van der Waals surface area contributed by atoms with Crippen molar-refractivity contribution in [3.63, 3.8) is 0 Å². The van der Waals surface area contributed by atoms with Crippen molar-refractivity contribution in [1.29, 1.82) is 0 Å². The molecule has 30 heavy (non-hydrogen) atoms. The second kappa shape index (κ2) is 9.22. The number of halogens is 1. The van der Waals surface area contributed by atoms with Crippen LogP contribution in [0.1, 0.15) is 50.4 Å². The van der Waals surface area contributed by atoms with E-state index in [-0.39, 0.29) is 24.1 Å². The summed E-state index contributed by atoms with van der Waals surface area (Å²) >= 11 is 0. The average Bonchev–Trinajstić information content (AvgIpc) is 2.72. The Morgan fingerprint density at radius 1 is 1.07 bits per heavy atom. The van der Waals surface area contributed by atoms with Gasteiger partial charge in [0.1, 0.15) is 18.2 Å². The summed E-state index contributed by atoms with van der Waals surface area (Å²) in [4.78, 5) is 23.9. The molecule has 154 valence electrons. The molecular formula is C24H22FNO4. The fourth-order valence-corrected chi connectivity index (χ4v) is 3.02. The molecule has 3 rings (SSSR count). The van der Waals surface area contributed by atoms with Crippen molar-refractivity contribution in [1.82, 2.24) is 5.32 Å². The van der Waals surface area contributed by atoms with Gasteiger partial charge >= 0.3 is 5.97 Å². The zero-order valence-electron chi connectivity index (χ0n) is 16.7. The van der Waals surface area contributed by atoms with E-state index in [2.05, 4.69) is 5.32 Å². The minimum absolute atomic E-state index is 0.119. The van der Waals surface area contributed by atoms with Gasteiger partial charge in [-0.05, 0) is 49.7 Å². The lowest BCUT2D eigenvalue weighted by Crippen LogP contribution is -2.28. The molecule has 3 aromatic carbocycles. The maximum atomic E-state index is 13.4. The van der Waals surface area contributed by atoms with Crippen molar-refractivity contribution in [2.45, 2.75) is 26.5 Å². The van der Waals surface area contributed by atoms with Gasteiger partial charge in [0, 0.05) is 17.2 Å². The van der Waals surface area contributed by atoms with Crippen LogP contribution in [0.3, 0.4) is 0 Å². The van der Waals surface area contributed by atoms with Crippen LogP contribution >= 0.6 is 0 Å². The number of amides is 1. The Bertz CT molecular complexity index is 1060. The molecule has 5 nitrogen and oxygen atoms in total. The summed E-state index contributed by atoms with van der Waals surface area (Å²) in [5.41, 5.74) is 3.05. The lowest BCUT2D eigenvalue weighted by atomic mass is 10.0. The van der Waals surface area contributed by atoms with Crippen LogP contribution in [0.4, 0.5) is 4.39 Å². The van der Waals surface area contributed by atoms with Crippen LogP contribution in [-0.2, 0) is 6.61 Å². The van der Waals surface area contributed by atoms with E-state index in [0.29, 0.717) is 16.9 Å². The highest BCUT2D eigenvalue weighted by atomic mass is 19.1. The predicted molar refractivity (Wildman–Crippen MR) is 111 cm³/mol. The number of aryl methyl sites for hydroxylation is 1. The highest BCUT2D eigenvalue weighted by Gasteiger charge is 2.16. The molecule has 0 fully saturated rings. The number of carboxylic acids is 1. The van der Waals surface area contributed by atoms with Gasteiger partial charge in [0.2, 0.25) is 0 Å². The molecule has 0 aliphatic carbocycles. The molecule has 0 aliphatic heterocycles. The SMILES string of the molecule is Cc1ccc(COc2cccc(F)c2)c(C(=O)N[C@@H](C)c2ccc(C(=O)O)cc2)c1. The predicted octanol–water partition coefficient (Wildman–Crippen LogP) is 4.90. The molecule has 6 heteroatoms. The van der Waals surface area contributed by atoms with E-state index in [0.717, 1.165) is 11.1 Å². The maximum absolute atomic E-state index is 13.4. The van der Waals surface area contributed by atoms with Crippen LogP contribution in [0.2, 0.25) is 0 Å². The number of nitrogens with one attached hydrogen (secondary N) is 1. The summed E-state index contributed by atoms with van der Waals surface area (Å²) in [6.07, 6.45) is 0. The number of carboxylic acid groups (broad SMARTS) is 1. The summed E-state index contributed by atoms with van der Waals surface area (Å²) in [7, 11) is 0. The normalized spacial score (nSPS) is 11.6. The van der Waals surface area contributed by atoms with E-state index in [9.17, 15) is 14.0 Å². The highest BCUT2D eigenvalue weighted by Crippen LogP contribution is 2.19. The molecule has 0 aromatic heterocycles. The molecule has 1 atom stereocenters. The zero-order valence-corrected chi connectivity index (χ0v) is 16.7. The maximum Gasteiger partial charge on any atom is 0.335 e. The number of benzene rings is 3. The second-order valence-electron chi connectivity index (χ2n) is 7.03. The van der Waals surface area contributed by atoms with Gasteiger partial charge in [-0.1, -0.05) is 35.9 Å². The lowest BCUT2D eigenvalue weighted by molar-refractivity contribution is 0.0696. The van der Waals surface area contributed by atoms with E-state index >= 15 is 0 Å². The average molecular weight is 407 g/mol. The Kier molecular flexibility index (Phi) is 6.47. The topological polar surface area (TPSA) is 75.6 Å². The third-order valence-corrected chi connectivity index (χ3v) is 4.71. The van der Waals surface area contributed by atoms with Gasteiger partial charge in [0.05, 0.1) is 11.6 Å². The summed E-state index contributed by atoms with van der Waals surface area (Å²) in [5.74, 6) is -1.28. The van der Waals surface area contributed by atoms with Crippen LogP contribution in [0, 0.1) is 12.7 Å². The molecule has 0 saturated heterocycles. The van der Waals surface area contributed by atoms with E-state index in [4.69, 9.17) is 9.84 Å². The summed E-state index contributed by atoms with van der Waals surface area (Å²) in [5, 5.41) is 11.9. The monoisotopic (exact) mass is 407 g/mol. The van der Waals surface area contributed by atoms with Gasteiger partial charge in [-0.25, -0.2) is 9.18 Å². The minimum atomic E-state index is -0.999. The fourth-order valence-electron chi connectivity index (χ4n) is 3.02. The number of hydrogen-bond donors (Lipinski definition) is 2. The summed E-state index contributed by atoms with van der Waals surface area (Å²) in [6, 6.07) is 17.4. The molecule has 0 aliphatic rings. The van der Waals surface area contributed by atoms with Gasteiger partial charge in [-0.3, -0.25) is 4.79 Å². The molecule has 2 N–H and O–H groups in total. The molecular weight excluding hydrogens is 385 g/mol. The van der Waals surface area contributed by atoms with Crippen LogP contribution in [0.5, 0.6) is 5.75 Å². The molecule has 0 unspecified atom stereocenters. The second-order valence-corrected chi connectivity index (χ2v) is 7.03. The number of ether oxygens (including phenoxy) is 1. The standard InChI is InChI=1S/C24H22FNO4/c1-15-6-7-19(14-30-21-5-3-4-20(25)13-21)22(12-15)23(27)26-16(2)17-8-10-18(11-9-17)24(28)29/h3-13,16H,14H2,1-2H3,(H,26,27)(H,28,29)/t16-/m0/s1. The van der Waals surface area contributed by atoms with Gasteiger partial charge in [-0.15, -0.1) is 0 Å². The van der Waals surface area contributed by atoms with Crippen LogP contribution < -0.4 is 10.1 Å². The number of aromatic carboxylic acids is 1. The Balaban J connectivity index is 1.74. The van der Waals surface area contributed by atoms with Crippen LogP contribution in [-0.4, -0.2) is 17.0 Å². The van der Waals surface area contributed by atoms with Gasteiger partial charge in [0.15, 0.2) is 0 Å². The smallest absolute Gasteiger partial charge is 0.335 e. The molecule has 1 amide bonds. The largest absolute Gasteiger partial charge is 0.489 e. The first-order chi connectivity index (χ1) is 14.3. The highest BCUT2D eigenvalue weighted by molar-refractivity contribution is 5.96. The summed E-state index contributed by atoms with van der Waals surface area (Å²) in [6.45, 7) is 3.84. The fraction of sp³-hybridized carbons (Fsp3) is 0.167. The Morgan fingerprint density at radius 2 is 1.80 bits per heavy atom. The lowest BCUT2D eigenvalue weighted by Gasteiger charge is -2.17. The van der Waals surface area contributed by atoms with Crippen molar-refractivity contribution in [2.75, 3.05) is 0 Å². The Morgan fingerprint density at radius 3 is 2.47 bits per heavy atom. The molecule has 0 heterocycles. The van der Waals surface area contributed by atoms with Crippen molar-refractivity contribution in [3.05, 3.63) is 100 Å². The number of carbonyl (C=O) groups is 2. The van der Waals surface area contributed by atoms with Gasteiger partial charge < -0.3 is 15.2 Å². The van der Waals surface area contributed by atoms with Crippen LogP contribution in [0.25, 0.3) is 0 Å². The molecule has 3 aromatic rings. The Labute approximate surface area is 174 Å². The molecule has 0 bridgehead atoms. The third kappa shape index (κ3) is 5.23. The third-order valence-electron chi connectivity index (χ3n) is 4.71. The molecule has 0 radical (unpaired) electrons. The van der Waals surface area contributed by atoms with Crippen LogP contribution in [0.15, 0.2) is 66.7 Å². The van der Waals surface area contributed by atoms with Crippen molar-refractivity contribution < 1.29 is 23.8 Å². The quantitative estimate of drug-likeness (QED) is 0.584. The van der Waals surface area contributed by atoms with Crippen molar-refractivity contribution in [3.8, 4) is 5.75 Å². The first-order valence-electron chi connectivity index (χ1n) is 9.45. The van der Waals surface area contributed by atoms with Crippen molar-refractivity contribution in [2.24, 2.45) is 0 Å². The number of carbonyl (C=O) groups excluding carboxylic acids is 1. The van der Waals surface area contributed by atoms with E-state index in [1.54, 1.807) is 30.3 Å². The van der Waals surface area contributed by atoms with Gasteiger partial charge in [-0.2, -0.15) is 0 Å². The van der Waals surface area contributed by atoms with E-state index in [1.807, 2.05) is 26.0 Å². The van der Waals surface area contributed by atoms with Crippen molar-refractivity contribution >= 4 is 11.9 Å².